The quantitative estimate of drug-likeness (QED) is 0.230. The van der Waals surface area contributed by atoms with Crippen LogP contribution in [0.5, 0.6) is 0 Å². The molecule has 0 aliphatic carbocycles. The van der Waals surface area contributed by atoms with Gasteiger partial charge in [-0.2, -0.15) is 0 Å². The Kier molecular flexibility index (Phi) is 5.62. The van der Waals surface area contributed by atoms with Crippen LogP contribution in [0.3, 0.4) is 0 Å². The average molecular weight is 512 g/mol. The van der Waals surface area contributed by atoms with Gasteiger partial charge >= 0.3 is 5.97 Å². The van der Waals surface area contributed by atoms with Gasteiger partial charge in [-0.3, -0.25) is 9.69 Å². The lowest BCUT2D eigenvalue weighted by Crippen LogP contribution is -2.27. The zero-order chi connectivity index (χ0) is 23.3. The molecule has 164 valence electrons. The molecule has 0 bridgehead atoms. The van der Waals surface area contributed by atoms with Crippen LogP contribution in [0.1, 0.15) is 21.7 Å². The van der Waals surface area contributed by atoms with Crippen LogP contribution in [0, 0.1) is 6.92 Å². The van der Waals surface area contributed by atoms with Crippen LogP contribution in [0.15, 0.2) is 63.9 Å². The van der Waals surface area contributed by atoms with Crippen LogP contribution in [0.2, 0.25) is 5.02 Å². The van der Waals surface area contributed by atoms with Gasteiger partial charge in [0.15, 0.2) is 4.32 Å². The number of carboxylic acids is 1. The first-order chi connectivity index (χ1) is 15.8. The van der Waals surface area contributed by atoms with Crippen molar-refractivity contribution in [2.45, 2.75) is 6.92 Å². The van der Waals surface area contributed by atoms with E-state index < -0.39 is 5.97 Å². The van der Waals surface area contributed by atoms with E-state index in [-0.39, 0.29) is 11.5 Å². The highest BCUT2D eigenvalue weighted by Gasteiger charge is 2.33. The van der Waals surface area contributed by atoms with Gasteiger partial charge < -0.3 is 9.52 Å². The number of hydrogen-bond acceptors (Lipinski definition) is 6. The summed E-state index contributed by atoms with van der Waals surface area (Å²) in [5, 5.41) is 10.9. The second-order valence-corrected chi connectivity index (χ2v) is 10.4. The topological polar surface area (TPSA) is 70.8 Å². The predicted octanol–water partition coefficient (Wildman–Crippen LogP) is 7.23. The van der Waals surface area contributed by atoms with E-state index >= 15 is 0 Å². The standard InChI is InChI=1S/C24H14ClNO4S3/c1-12-17-10-14(25)4-9-19(17)32-21(12)18-8-7-16(30-18)11-20-22(27)26(24(31)33-20)15-5-2-13(3-6-15)23(28)29/h2-11H,1H3,(H,28,29)/b20-11+. The molecule has 9 heteroatoms. The zero-order valence-corrected chi connectivity index (χ0v) is 20.2. The molecule has 1 N–H and O–H groups in total. The first-order valence-corrected chi connectivity index (χ1v) is 12.1. The molecule has 1 aliphatic heterocycles. The summed E-state index contributed by atoms with van der Waals surface area (Å²) >= 11 is 14.3. The Labute approximate surface area is 207 Å². The number of thiocarbonyl (C=S) groups is 1. The fourth-order valence-electron chi connectivity index (χ4n) is 3.55. The summed E-state index contributed by atoms with van der Waals surface area (Å²) in [7, 11) is 0. The number of fused-ring (bicyclic) bond motifs is 1. The second kappa shape index (κ2) is 8.46. The maximum absolute atomic E-state index is 13.0. The number of carbonyl (C=O) groups excluding carboxylic acids is 1. The van der Waals surface area contributed by atoms with Crippen LogP contribution < -0.4 is 4.90 Å². The van der Waals surface area contributed by atoms with Crippen LogP contribution in [0.4, 0.5) is 5.69 Å². The van der Waals surface area contributed by atoms with Crippen molar-refractivity contribution in [2.24, 2.45) is 0 Å². The van der Waals surface area contributed by atoms with Crippen molar-refractivity contribution in [3.63, 3.8) is 0 Å². The van der Waals surface area contributed by atoms with Gasteiger partial charge in [0.05, 0.1) is 21.0 Å². The maximum atomic E-state index is 13.0. The number of carbonyl (C=O) groups is 2. The summed E-state index contributed by atoms with van der Waals surface area (Å²) in [4.78, 5) is 26.9. The van der Waals surface area contributed by atoms with Crippen molar-refractivity contribution >= 4 is 85.0 Å². The fourth-order valence-corrected chi connectivity index (χ4v) is 6.16. The average Bonchev–Trinajstić information content (AvgIpc) is 3.45. The van der Waals surface area contributed by atoms with Gasteiger partial charge in [0.1, 0.15) is 11.5 Å². The van der Waals surface area contributed by atoms with E-state index in [1.807, 2.05) is 37.3 Å². The third kappa shape index (κ3) is 4.00. The number of aromatic carboxylic acids is 1. The summed E-state index contributed by atoms with van der Waals surface area (Å²) in [6.07, 6.45) is 1.67. The maximum Gasteiger partial charge on any atom is 0.335 e. The smallest absolute Gasteiger partial charge is 0.335 e. The second-order valence-electron chi connectivity index (χ2n) is 7.27. The van der Waals surface area contributed by atoms with Crippen molar-refractivity contribution in [2.75, 3.05) is 4.90 Å². The van der Waals surface area contributed by atoms with E-state index in [0.29, 0.717) is 25.7 Å². The van der Waals surface area contributed by atoms with Crippen molar-refractivity contribution in [3.8, 4) is 10.6 Å². The number of rotatable bonds is 4. The minimum atomic E-state index is -1.03. The molecular weight excluding hydrogens is 498 g/mol. The van der Waals surface area contributed by atoms with Crippen molar-refractivity contribution in [3.05, 3.63) is 81.4 Å². The summed E-state index contributed by atoms with van der Waals surface area (Å²) < 4.78 is 7.55. The number of amides is 1. The van der Waals surface area contributed by atoms with Crippen LogP contribution in [0.25, 0.3) is 26.8 Å². The predicted molar refractivity (Wildman–Crippen MR) is 138 cm³/mol. The van der Waals surface area contributed by atoms with E-state index in [2.05, 4.69) is 0 Å². The number of furan rings is 1. The summed E-state index contributed by atoms with van der Waals surface area (Å²) in [6.45, 7) is 2.04. The number of halogens is 1. The van der Waals surface area contributed by atoms with E-state index in [0.717, 1.165) is 26.3 Å². The molecule has 0 saturated carbocycles. The zero-order valence-electron chi connectivity index (χ0n) is 17.0. The first kappa shape index (κ1) is 21.9. The highest BCUT2D eigenvalue weighted by Crippen LogP contribution is 2.41. The minimum absolute atomic E-state index is 0.140. The van der Waals surface area contributed by atoms with E-state index in [1.165, 1.54) is 28.8 Å². The Balaban J connectivity index is 1.43. The number of benzene rings is 2. The number of thioether (sulfide) groups is 1. The molecule has 5 rings (SSSR count). The van der Waals surface area contributed by atoms with Crippen LogP contribution in [-0.4, -0.2) is 21.3 Å². The lowest BCUT2D eigenvalue weighted by molar-refractivity contribution is -0.113. The number of nitrogens with zero attached hydrogens (tertiary/aromatic N) is 1. The van der Waals surface area contributed by atoms with E-state index in [4.69, 9.17) is 33.3 Å². The Morgan fingerprint density at radius 1 is 1.15 bits per heavy atom. The monoisotopic (exact) mass is 511 g/mol. The van der Waals surface area contributed by atoms with Crippen molar-refractivity contribution in [1.82, 2.24) is 0 Å². The van der Waals surface area contributed by atoms with Gasteiger partial charge in [0, 0.05) is 15.8 Å². The number of hydrogen-bond donors (Lipinski definition) is 1. The molecule has 0 radical (unpaired) electrons. The SMILES string of the molecule is Cc1c(-c2ccc(/C=C3/SC(=S)N(c4ccc(C(=O)O)cc4)C3=O)o2)sc2ccc(Cl)cc12. The largest absolute Gasteiger partial charge is 0.478 e. The van der Waals surface area contributed by atoms with Crippen LogP contribution >= 0.6 is 46.9 Å². The lowest BCUT2D eigenvalue weighted by atomic mass is 10.1. The highest BCUT2D eigenvalue weighted by molar-refractivity contribution is 8.27. The molecule has 2 aromatic carbocycles. The summed E-state index contributed by atoms with van der Waals surface area (Å²) in [5.74, 6) is -0.0476. The molecule has 0 spiro atoms. The Morgan fingerprint density at radius 3 is 2.64 bits per heavy atom. The molecule has 1 fully saturated rings. The fraction of sp³-hybridized carbons (Fsp3) is 0.0417. The van der Waals surface area contributed by atoms with Gasteiger partial charge in [-0.1, -0.05) is 35.6 Å². The van der Waals surface area contributed by atoms with Gasteiger partial charge in [-0.15, -0.1) is 11.3 Å². The molecule has 0 unspecified atom stereocenters. The number of carboxylic acid groups (broad SMARTS) is 1. The van der Waals surface area contributed by atoms with Gasteiger partial charge in [0.2, 0.25) is 0 Å². The summed E-state index contributed by atoms with van der Waals surface area (Å²) in [6, 6.07) is 15.5. The lowest BCUT2D eigenvalue weighted by Gasteiger charge is -2.14. The normalized spacial score (nSPS) is 15.2. The van der Waals surface area contributed by atoms with E-state index in [9.17, 15) is 9.59 Å². The van der Waals surface area contributed by atoms with E-state index in [1.54, 1.807) is 29.5 Å². The van der Waals surface area contributed by atoms with Crippen molar-refractivity contribution < 1.29 is 19.1 Å². The molecule has 5 nitrogen and oxygen atoms in total. The molecule has 0 atom stereocenters. The molecule has 3 heterocycles. The third-order valence-electron chi connectivity index (χ3n) is 5.19. The van der Waals surface area contributed by atoms with Gasteiger partial charge in [0.25, 0.3) is 5.91 Å². The van der Waals surface area contributed by atoms with Crippen molar-refractivity contribution in [1.29, 1.82) is 0 Å². The molecular formula is C24H14ClNO4S3. The Morgan fingerprint density at radius 2 is 1.91 bits per heavy atom. The number of aryl methyl sites for hydroxylation is 1. The highest BCUT2D eigenvalue weighted by atomic mass is 35.5. The Hall–Kier alpha value is -2.91. The van der Waals surface area contributed by atoms with Gasteiger partial charge in [-0.25, -0.2) is 4.79 Å². The Bertz CT molecular complexity index is 1480. The number of anilines is 1. The molecule has 1 aliphatic rings. The summed E-state index contributed by atoms with van der Waals surface area (Å²) in [5.41, 5.74) is 1.75. The first-order valence-electron chi connectivity index (χ1n) is 9.72. The minimum Gasteiger partial charge on any atom is -0.478 e. The molecule has 1 amide bonds. The third-order valence-corrected chi connectivity index (χ3v) is 8.01. The number of thiophene rings is 1. The molecule has 2 aromatic heterocycles. The molecule has 4 aromatic rings. The van der Waals surface area contributed by atoms with Gasteiger partial charge in [-0.05, 0) is 72.5 Å². The van der Waals surface area contributed by atoms with Crippen LogP contribution in [-0.2, 0) is 4.79 Å². The molecule has 1 saturated heterocycles. The molecule has 33 heavy (non-hydrogen) atoms.